The molecule has 3 atom stereocenters. The maximum absolute atomic E-state index is 13.1. The number of aryl methyl sites for hydroxylation is 1. The molecule has 2 N–H and O–H groups in total. The molecule has 4 rings (SSSR count). The van der Waals surface area contributed by atoms with Crippen molar-refractivity contribution < 1.29 is 93.2 Å². The van der Waals surface area contributed by atoms with Crippen LogP contribution in [-0.2, 0) is 26.2 Å². The topological polar surface area (TPSA) is 215 Å². The van der Waals surface area contributed by atoms with Crippen LogP contribution < -0.4 is 80.2 Å². The number of aromatic amines is 1. The molecule has 0 spiro atoms. The molecular weight excluding hydrogens is 604 g/mol. The van der Waals surface area contributed by atoms with Crippen molar-refractivity contribution in [1.82, 2.24) is 34.8 Å². The molecule has 192 valence electrons. The number of H-pyrrole nitrogens is 1. The molecule has 2 unspecified atom stereocenters. The molecule has 1 saturated heterocycles. The van der Waals surface area contributed by atoms with E-state index in [0.717, 1.165) is 40.0 Å². The number of aliphatic carboxylic acids is 1. The van der Waals surface area contributed by atoms with Gasteiger partial charge in [0.15, 0.2) is 0 Å². The molecule has 1 fully saturated rings. The minimum absolute atomic E-state index is 0. The SMILES string of the molecule is CO[C@@]1(NC(=O)CSc2s[nH]c(=O)c2C(=O)[O-])C(=O)N2C(C(=O)[O-])C(CSc3nnnn3C)=CSC21.[Na+].[Na+]. The van der Waals surface area contributed by atoms with Crippen LogP contribution >= 0.6 is 46.8 Å². The largest absolute Gasteiger partial charge is 1.00 e. The van der Waals surface area contributed by atoms with Crippen LogP contribution in [0.3, 0.4) is 0 Å². The van der Waals surface area contributed by atoms with Gasteiger partial charge in [-0.25, -0.2) is 4.68 Å². The maximum atomic E-state index is 13.1. The van der Waals surface area contributed by atoms with Crippen molar-refractivity contribution in [3.05, 3.63) is 26.9 Å². The van der Waals surface area contributed by atoms with Crippen LogP contribution in [0, 0.1) is 0 Å². The van der Waals surface area contributed by atoms with Crippen molar-refractivity contribution >= 4 is 70.6 Å². The molecule has 2 aromatic rings. The molecule has 38 heavy (non-hydrogen) atoms. The number of carbonyl (C=O) groups is 4. The molecule has 21 heteroatoms. The number of aromatic carboxylic acids is 1. The van der Waals surface area contributed by atoms with Crippen LogP contribution in [0.1, 0.15) is 10.4 Å². The van der Waals surface area contributed by atoms with E-state index in [-0.39, 0.29) is 74.8 Å². The van der Waals surface area contributed by atoms with Gasteiger partial charge in [-0.15, -0.1) is 28.6 Å². The fourth-order valence-electron chi connectivity index (χ4n) is 3.51. The number of aromatic nitrogens is 5. The number of ether oxygens (including phenoxy) is 1. The summed E-state index contributed by atoms with van der Waals surface area (Å²) < 4.78 is 9.06. The Morgan fingerprint density at radius 3 is 2.55 bits per heavy atom. The number of thioether (sulfide) groups is 3. The average molecular weight is 620 g/mol. The molecule has 2 aliphatic heterocycles. The van der Waals surface area contributed by atoms with Crippen LogP contribution in [0.25, 0.3) is 0 Å². The Bertz CT molecular complexity index is 1330. The fraction of sp³-hybridized carbons (Fsp3) is 0.412. The Morgan fingerprint density at radius 2 is 1.97 bits per heavy atom. The third-order valence-electron chi connectivity index (χ3n) is 5.16. The van der Waals surface area contributed by atoms with Gasteiger partial charge in [-0.2, -0.15) is 0 Å². The van der Waals surface area contributed by atoms with Gasteiger partial charge in [0, 0.05) is 19.9 Å². The number of tetrazole rings is 1. The third kappa shape index (κ3) is 6.22. The van der Waals surface area contributed by atoms with Gasteiger partial charge in [-0.3, -0.25) is 18.8 Å². The van der Waals surface area contributed by atoms with E-state index < -0.39 is 52.0 Å². The minimum atomic E-state index is -1.85. The number of methoxy groups -OCH3 is 1. The van der Waals surface area contributed by atoms with Crippen molar-refractivity contribution in [2.45, 2.75) is 26.5 Å². The van der Waals surface area contributed by atoms with Crippen LogP contribution in [0.15, 0.2) is 25.1 Å². The van der Waals surface area contributed by atoms with E-state index in [9.17, 15) is 34.2 Å². The number of hydrogen-bond donors (Lipinski definition) is 2. The van der Waals surface area contributed by atoms with E-state index in [4.69, 9.17) is 4.74 Å². The Hall–Kier alpha value is -0.870. The summed E-state index contributed by atoms with van der Waals surface area (Å²) in [5.74, 6) is -4.85. The standard InChI is InChI=1S/C17H17N7O8S4.2Na/c1-23-16(19-21-22-23)35-4-6-3-34-15-17(32-2,14(31)24(15)9(6)12(29)30)18-7(25)5-33-13-8(11(27)28)10(26)20-36-13;;/h3,9,15H,4-5H2,1-2H3,(H,18,25)(H,20,26)(H,27,28)(H,29,30);;/q;2*+1/p-2/t9?,15?,17-;;/m0../s1. The van der Waals surface area contributed by atoms with Crippen molar-refractivity contribution in [1.29, 1.82) is 0 Å². The molecule has 2 aliphatic rings. The number of carboxylic acid groups (broad SMARTS) is 2. The van der Waals surface area contributed by atoms with Gasteiger partial charge in [0.2, 0.25) is 11.1 Å². The Kier molecular flexibility index (Phi) is 12.0. The van der Waals surface area contributed by atoms with E-state index in [1.165, 1.54) is 23.6 Å². The molecule has 2 amide bonds. The number of rotatable bonds is 10. The Balaban J connectivity index is 0.00000253. The number of hydrogen-bond acceptors (Lipinski definition) is 15. The second-order valence-electron chi connectivity index (χ2n) is 7.25. The predicted octanol–water partition coefficient (Wildman–Crippen LogP) is -9.41. The maximum Gasteiger partial charge on any atom is 1.00 e. The van der Waals surface area contributed by atoms with Crippen molar-refractivity contribution in [3.8, 4) is 0 Å². The van der Waals surface area contributed by atoms with Crippen LogP contribution in [0.2, 0.25) is 0 Å². The quantitative estimate of drug-likeness (QED) is 0.109. The van der Waals surface area contributed by atoms with Gasteiger partial charge in [-0.1, -0.05) is 23.3 Å². The van der Waals surface area contributed by atoms with E-state index in [1.54, 1.807) is 12.5 Å². The summed E-state index contributed by atoms with van der Waals surface area (Å²) in [6.07, 6.45) is 0. The summed E-state index contributed by atoms with van der Waals surface area (Å²) in [5, 5.41) is 37.7. The molecular formula is C17H15N7Na2O8S4. The molecule has 0 aliphatic carbocycles. The summed E-state index contributed by atoms with van der Waals surface area (Å²) in [6, 6.07) is -1.39. The molecule has 0 bridgehead atoms. The summed E-state index contributed by atoms with van der Waals surface area (Å²) in [5.41, 5.74) is -2.90. The van der Waals surface area contributed by atoms with Gasteiger partial charge < -0.3 is 34.8 Å². The zero-order valence-corrected chi connectivity index (χ0v) is 27.5. The first-order valence-corrected chi connectivity index (χ1v) is 13.5. The normalized spacial score (nSPS) is 21.8. The monoisotopic (exact) mass is 619 g/mol. The van der Waals surface area contributed by atoms with E-state index >= 15 is 0 Å². The second-order valence-corrected chi connectivity index (χ2v) is 11.2. The first-order valence-electron chi connectivity index (χ1n) is 9.75. The number of β-lactam (4-membered cyclic amide) rings is 1. The minimum Gasteiger partial charge on any atom is -0.548 e. The summed E-state index contributed by atoms with van der Waals surface area (Å²) in [7, 11) is 2.82. The van der Waals surface area contributed by atoms with Crippen LogP contribution in [0.5, 0.6) is 0 Å². The van der Waals surface area contributed by atoms with Crippen LogP contribution in [0.4, 0.5) is 0 Å². The number of amides is 2. The van der Waals surface area contributed by atoms with Gasteiger partial charge in [0.25, 0.3) is 17.2 Å². The van der Waals surface area contributed by atoms with Crippen molar-refractivity contribution in [3.63, 3.8) is 0 Å². The Labute approximate surface area is 275 Å². The van der Waals surface area contributed by atoms with E-state index in [0.29, 0.717) is 10.7 Å². The Morgan fingerprint density at radius 1 is 1.26 bits per heavy atom. The molecule has 15 nitrogen and oxygen atoms in total. The van der Waals surface area contributed by atoms with Crippen molar-refractivity contribution in [2.75, 3.05) is 18.6 Å². The summed E-state index contributed by atoms with van der Waals surface area (Å²) in [4.78, 5) is 61.5. The fourth-order valence-corrected chi connectivity index (χ4v) is 7.54. The number of nitrogens with one attached hydrogen (secondary N) is 2. The molecule has 2 aromatic heterocycles. The number of nitrogens with zero attached hydrogens (tertiary/aromatic N) is 5. The molecule has 4 heterocycles. The number of carboxylic acids is 2. The number of carbonyl (C=O) groups excluding carboxylic acids is 4. The third-order valence-corrected chi connectivity index (χ3v) is 9.65. The molecule has 0 saturated carbocycles. The first kappa shape index (κ1) is 33.3. The van der Waals surface area contributed by atoms with Gasteiger partial charge in [0.05, 0.1) is 33.5 Å². The zero-order valence-electron chi connectivity index (χ0n) is 20.3. The smallest absolute Gasteiger partial charge is 0.548 e. The summed E-state index contributed by atoms with van der Waals surface area (Å²) in [6.45, 7) is 0. The zero-order chi connectivity index (χ0) is 26.2. The average Bonchev–Trinajstić information content (AvgIpc) is 3.43. The summed E-state index contributed by atoms with van der Waals surface area (Å²) >= 11 is 3.76. The van der Waals surface area contributed by atoms with Gasteiger partial charge >= 0.3 is 59.1 Å². The second kappa shape index (κ2) is 13.7. The predicted molar refractivity (Wildman–Crippen MR) is 123 cm³/mol. The first-order chi connectivity index (χ1) is 17.1. The van der Waals surface area contributed by atoms with Gasteiger partial charge in [0.1, 0.15) is 5.37 Å². The molecule has 0 aromatic carbocycles. The van der Waals surface area contributed by atoms with E-state index in [2.05, 4.69) is 25.2 Å². The van der Waals surface area contributed by atoms with E-state index in [1.807, 2.05) is 0 Å². The number of fused-ring (bicyclic) bond motifs is 1. The van der Waals surface area contributed by atoms with Crippen molar-refractivity contribution in [2.24, 2.45) is 7.05 Å². The molecule has 0 radical (unpaired) electrons. The van der Waals surface area contributed by atoms with Crippen LogP contribution in [-0.4, -0.2) is 89.0 Å². The van der Waals surface area contributed by atoms with Gasteiger partial charge in [-0.05, 0) is 21.4 Å².